The van der Waals surface area contributed by atoms with Crippen LogP contribution < -0.4 is 10.6 Å². The van der Waals surface area contributed by atoms with Gasteiger partial charge in [-0.2, -0.15) is 15.1 Å². The normalized spacial score (nSPS) is 24.7. The Hall–Kier alpha value is -1.89. The molecule has 3 rings (SSSR count). The summed E-state index contributed by atoms with van der Waals surface area (Å²) in [5, 5.41) is 7.71. The lowest BCUT2D eigenvalue weighted by molar-refractivity contribution is -0.00536. The average Bonchev–Trinajstić information content (AvgIpc) is 2.74. The number of aromatic amines is 1. The first-order valence-electron chi connectivity index (χ1n) is 6.00. The molecule has 2 atom stereocenters. The Bertz CT molecular complexity index is 558. The fourth-order valence-electron chi connectivity index (χ4n) is 2.43. The monoisotopic (exact) mass is 248 g/mol. The van der Waals surface area contributed by atoms with Gasteiger partial charge in [0, 0.05) is 13.1 Å². The van der Waals surface area contributed by atoms with Gasteiger partial charge in [0.15, 0.2) is 5.65 Å². The molecule has 3 heterocycles. The summed E-state index contributed by atoms with van der Waals surface area (Å²) in [6.45, 7) is 5.70. The number of fused-ring (bicyclic) bond motifs is 1. The molecule has 0 aromatic carbocycles. The van der Waals surface area contributed by atoms with Crippen molar-refractivity contribution in [1.29, 1.82) is 0 Å². The van der Waals surface area contributed by atoms with Crippen molar-refractivity contribution in [2.45, 2.75) is 26.1 Å². The molecule has 96 valence electrons. The van der Waals surface area contributed by atoms with Crippen molar-refractivity contribution < 1.29 is 4.74 Å². The maximum atomic E-state index is 5.73. The summed E-state index contributed by atoms with van der Waals surface area (Å²) in [6.07, 6.45) is 2.08. The number of hydrogen-bond acceptors (Lipinski definition) is 6. The highest BCUT2D eigenvalue weighted by atomic mass is 16.5. The first-order chi connectivity index (χ1) is 8.63. The number of aromatic nitrogens is 4. The van der Waals surface area contributed by atoms with Crippen LogP contribution in [0.5, 0.6) is 0 Å². The number of nitrogens with one attached hydrogen (secondary N) is 1. The van der Waals surface area contributed by atoms with Crippen molar-refractivity contribution >= 4 is 22.8 Å². The Morgan fingerprint density at radius 2 is 2.06 bits per heavy atom. The van der Waals surface area contributed by atoms with Crippen molar-refractivity contribution in [1.82, 2.24) is 20.2 Å². The molecule has 1 aliphatic heterocycles. The highest BCUT2D eigenvalue weighted by molar-refractivity contribution is 5.87. The van der Waals surface area contributed by atoms with E-state index in [0.717, 1.165) is 24.3 Å². The molecule has 2 aromatic heterocycles. The second-order valence-electron chi connectivity index (χ2n) is 4.70. The minimum atomic E-state index is 0.173. The first kappa shape index (κ1) is 11.2. The largest absolute Gasteiger partial charge is 0.372 e. The molecule has 2 aromatic rings. The molecule has 3 N–H and O–H groups in total. The molecule has 1 fully saturated rings. The van der Waals surface area contributed by atoms with Gasteiger partial charge in [-0.25, -0.2) is 0 Å². The number of nitrogens with zero attached hydrogens (tertiary/aromatic N) is 4. The molecular formula is C11H16N6O. The van der Waals surface area contributed by atoms with Gasteiger partial charge in [-0.15, -0.1) is 0 Å². The van der Waals surface area contributed by atoms with Crippen LogP contribution in [0.3, 0.4) is 0 Å². The Morgan fingerprint density at radius 3 is 2.78 bits per heavy atom. The van der Waals surface area contributed by atoms with Crippen LogP contribution in [-0.2, 0) is 4.74 Å². The Morgan fingerprint density at radius 1 is 1.33 bits per heavy atom. The lowest BCUT2D eigenvalue weighted by Gasteiger charge is -2.36. The van der Waals surface area contributed by atoms with Crippen molar-refractivity contribution in [3.05, 3.63) is 6.20 Å². The van der Waals surface area contributed by atoms with E-state index in [4.69, 9.17) is 10.5 Å². The van der Waals surface area contributed by atoms with E-state index in [-0.39, 0.29) is 18.2 Å². The van der Waals surface area contributed by atoms with Crippen LogP contribution in [0.25, 0.3) is 11.0 Å². The zero-order valence-corrected chi connectivity index (χ0v) is 10.4. The molecule has 1 saturated heterocycles. The SMILES string of the molecule is C[C@@H]1CN(c2nc(N)nc3[nH]ncc23)C[C@H](C)O1. The van der Waals surface area contributed by atoms with Crippen LogP contribution in [0, 0.1) is 0 Å². The highest BCUT2D eigenvalue weighted by Gasteiger charge is 2.25. The summed E-state index contributed by atoms with van der Waals surface area (Å²) in [7, 11) is 0. The number of morpholine rings is 1. The van der Waals surface area contributed by atoms with Crippen LogP contribution in [0.1, 0.15) is 13.8 Å². The van der Waals surface area contributed by atoms with E-state index in [2.05, 4.69) is 38.9 Å². The number of nitrogens with two attached hydrogens (primary N) is 1. The predicted molar refractivity (Wildman–Crippen MR) is 68.3 cm³/mol. The summed E-state index contributed by atoms with van der Waals surface area (Å²) in [6, 6.07) is 0. The first-order valence-corrected chi connectivity index (χ1v) is 6.00. The van der Waals surface area contributed by atoms with Gasteiger partial charge in [0.25, 0.3) is 0 Å². The third kappa shape index (κ3) is 1.86. The fraction of sp³-hybridized carbons (Fsp3) is 0.545. The molecule has 7 heteroatoms. The Kier molecular flexibility index (Phi) is 2.55. The van der Waals surface area contributed by atoms with Crippen molar-refractivity contribution in [3.63, 3.8) is 0 Å². The molecule has 0 aliphatic carbocycles. The minimum absolute atomic E-state index is 0.173. The van der Waals surface area contributed by atoms with Crippen LogP contribution in [-0.4, -0.2) is 45.5 Å². The lowest BCUT2D eigenvalue weighted by Crippen LogP contribution is -2.46. The maximum absolute atomic E-state index is 5.73. The van der Waals surface area contributed by atoms with E-state index >= 15 is 0 Å². The molecule has 7 nitrogen and oxygen atoms in total. The van der Waals surface area contributed by atoms with Crippen LogP contribution in [0.2, 0.25) is 0 Å². The topological polar surface area (TPSA) is 93.0 Å². The summed E-state index contributed by atoms with van der Waals surface area (Å²) < 4.78 is 5.72. The summed E-state index contributed by atoms with van der Waals surface area (Å²) in [4.78, 5) is 10.6. The van der Waals surface area contributed by atoms with Gasteiger partial charge in [0.2, 0.25) is 5.95 Å². The second-order valence-corrected chi connectivity index (χ2v) is 4.70. The quantitative estimate of drug-likeness (QED) is 0.765. The maximum Gasteiger partial charge on any atom is 0.224 e. The Labute approximate surface area is 104 Å². The van der Waals surface area contributed by atoms with Gasteiger partial charge in [-0.05, 0) is 13.8 Å². The number of hydrogen-bond donors (Lipinski definition) is 2. The van der Waals surface area contributed by atoms with Gasteiger partial charge >= 0.3 is 0 Å². The molecular weight excluding hydrogens is 232 g/mol. The molecule has 0 unspecified atom stereocenters. The van der Waals surface area contributed by atoms with Crippen LogP contribution >= 0.6 is 0 Å². The number of anilines is 2. The molecule has 0 radical (unpaired) electrons. The molecule has 0 spiro atoms. The van der Waals surface area contributed by atoms with Crippen molar-refractivity contribution in [2.24, 2.45) is 0 Å². The Balaban J connectivity index is 2.05. The van der Waals surface area contributed by atoms with Crippen molar-refractivity contribution in [3.8, 4) is 0 Å². The second kappa shape index (κ2) is 4.09. The van der Waals surface area contributed by atoms with Gasteiger partial charge in [-0.1, -0.05) is 0 Å². The summed E-state index contributed by atoms with van der Waals surface area (Å²) >= 11 is 0. The summed E-state index contributed by atoms with van der Waals surface area (Å²) in [5.74, 6) is 1.08. The zero-order chi connectivity index (χ0) is 12.7. The third-order valence-electron chi connectivity index (χ3n) is 3.03. The standard InChI is InChI=1S/C11H16N6O/c1-6-4-17(5-7(2)18-6)10-8-3-13-16-9(8)14-11(12)15-10/h3,6-7H,4-5H2,1-2H3,(H3,12,13,14,15,16)/t6-,7+. The average molecular weight is 248 g/mol. The molecule has 0 bridgehead atoms. The van der Waals surface area contributed by atoms with E-state index in [1.807, 2.05) is 0 Å². The van der Waals surface area contributed by atoms with Crippen LogP contribution in [0.15, 0.2) is 6.20 Å². The molecule has 1 aliphatic rings. The number of rotatable bonds is 1. The van der Waals surface area contributed by atoms with Crippen LogP contribution in [0.4, 0.5) is 11.8 Å². The van der Waals surface area contributed by atoms with E-state index in [1.54, 1.807) is 6.20 Å². The van der Waals surface area contributed by atoms with Gasteiger partial charge in [-0.3, -0.25) is 5.10 Å². The molecule has 0 saturated carbocycles. The van der Waals surface area contributed by atoms with Crippen molar-refractivity contribution in [2.75, 3.05) is 23.7 Å². The number of ether oxygens (including phenoxy) is 1. The number of nitrogen functional groups attached to an aromatic ring is 1. The highest BCUT2D eigenvalue weighted by Crippen LogP contribution is 2.25. The van der Waals surface area contributed by atoms with Gasteiger partial charge in [0.05, 0.1) is 23.8 Å². The molecule has 18 heavy (non-hydrogen) atoms. The fourth-order valence-corrected chi connectivity index (χ4v) is 2.43. The van der Waals surface area contributed by atoms with Gasteiger partial charge in [0.1, 0.15) is 5.82 Å². The minimum Gasteiger partial charge on any atom is -0.372 e. The predicted octanol–water partition coefficient (Wildman–Crippen LogP) is 0.549. The summed E-state index contributed by atoms with van der Waals surface area (Å²) in [5.41, 5.74) is 6.40. The third-order valence-corrected chi connectivity index (χ3v) is 3.03. The van der Waals surface area contributed by atoms with E-state index in [9.17, 15) is 0 Å². The van der Waals surface area contributed by atoms with E-state index in [1.165, 1.54) is 0 Å². The molecule has 0 amide bonds. The van der Waals surface area contributed by atoms with E-state index < -0.39 is 0 Å². The lowest BCUT2D eigenvalue weighted by atomic mass is 10.2. The zero-order valence-electron chi connectivity index (χ0n) is 10.4. The van der Waals surface area contributed by atoms with E-state index in [0.29, 0.717) is 5.65 Å². The van der Waals surface area contributed by atoms with Gasteiger partial charge < -0.3 is 15.4 Å². The smallest absolute Gasteiger partial charge is 0.224 e. The number of H-pyrrole nitrogens is 1.